The van der Waals surface area contributed by atoms with Crippen molar-refractivity contribution in [2.24, 2.45) is 0 Å². The molecular formula is C2H9MgO2P. The molecule has 0 aliphatic rings. The molecule has 0 aromatic carbocycles. The smallest absolute Gasteiger partial charge is 0.316 e. The molecule has 36 valence electrons. The molecule has 0 heterocycles. The van der Waals surface area contributed by atoms with E-state index in [1.54, 1.807) is 6.92 Å². The van der Waals surface area contributed by atoms with E-state index in [2.05, 4.69) is 0 Å². The van der Waals surface area contributed by atoms with Crippen LogP contribution in [0.1, 0.15) is 6.92 Å². The lowest BCUT2D eigenvalue weighted by Crippen LogP contribution is -1.56. The first kappa shape index (κ1) is 10.0. The average molecular weight is 120 g/mol. The van der Waals surface area contributed by atoms with Gasteiger partial charge in [-0.2, -0.15) is 0 Å². The highest BCUT2D eigenvalue weighted by molar-refractivity contribution is 7.37. The Hall–Kier alpha value is 0.956. The van der Waals surface area contributed by atoms with Gasteiger partial charge >= 0.3 is 23.1 Å². The van der Waals surface area contributed by atoms with Crippen LogP contribution in [-0.2, 0) is 4.57 Å². The van der Waals surface area contributed by atoms with Gasteiger partial charge in [0.25, 0.3) is 0 Å². The van der Waals surface area contributed by atoms with Gasteiger partial charge in [-0.3, -0.25) is 4.57 Å². The average Bonchev–Trinajstić information content (AvgIpc) is 1.38. The lowest BCUT2D eigenvalue weighted by Gasteiger charge is -1.74. The van der Waals surface area contributed by atoms with Gasteiger partial charge < -0.3 is 4.89 Å². The maximum atomic E-state index is 9.55. The van der Waals surface area contributed by atoms with Crippen molar-refractivity contribution in [1.29, 1.82) is 0 Å². The van der Waals surface area contributed by atoms with Gasteiger partial charge in [0, 0.05) is 6.16 Å². The molecule has 0 rings (SSSR count). The van der Waals surface area contributed by atoms with Crippen molar-refractivity contribution in [1.82, 2.24) is 0 Å². The molecule has 1 atom stereocenters. The molecule has 6 heavy (non-hydrogen) atoms. The van der Waals surface area contributed by atoms with E-state index < -0.39 is 8.03 Å². The van der Waals surface area contributed by atoms with Crippen molar-refractivity contribution in [2.75, 3.05) is 6.16 Å². The highest BCUT2D eigenvalue weighted by atomic mass is 31.1. The molecular weight excluding hydrogens is 111 g/mol. The minimum absolute atomic E-state index is 0. The van der Waals surface area contributed by atoms with Crippen LogP contribution in [0.15, 0.2) is 0 Å². The Kier molecular flexibility index (Phi) is 9.97. The molecule has 4 heteroatoms. The predicted molar refractivity (Wildman–Crippen MR) is 30.3 cm³/mol. The van der Waals surface area contributed by atoms with E-state index in [9.17, 15) is 4.57 Å². The van der Waals surface area contributed by atoms with Crippen LogP contribution >= 0.6 is 8.03 Å². The Morgan fingerprint density at radius 2 is 2.00 bits per heavy atom. The minimum atomic E-state index is -2.12. The zero-order valence-corrected chi connectivity index (χ0v) is 4.06. The Morgan fingerprint density at radius 3 is 2.00 bits per heavy atom. The highest BCUT2D eigenvalue weighted by Crippen LogP contribution is 2.08. The third kappa shape index (κ3) is 8.88. The number of hydrogen-bond acceptors (Lipinski definition) is 1. The van der Waals surface area contributed by atoms with E-state index in [-0.39, 0.29) is 23.1 Å². The van der Waals surface area contributed by atoms with Crippen molar-refractivity contribution < 1.29 is 9.46 Å². The Labute approximate surface area is 54.0 Å². The first-order valence-electron chi connectivity index (χ1n) is 1.49. The maximum Gasteiger partial charge on any atom is 0.316 e. The second kappa shape index (κ2) is 5.96. The van der Waals surface area contributed by atoms with E-state index in [0.717, 1.165) is 0 Å². The van der Waals surface area contributed by atoms with Gasteiger partial charge in [-0.1, -0.05) is 6.92 Å². The van der Waals surface area contributed by atoms with Gasteiger partial charge in [-0.05, 0) is 0 Å². The van der Waals surface area contributed by atoms with Crippen molar-refractivity contribution in [3.05, 3.63) is 0 Å². The molecule has 0 bridgehead atoms. The van der Waals surface area contributed by atoms with E-state index >= 15 is 0 Å². The summed E-state index contributed by atoms with van der Waals surface area (Å²) in [6.45, 7) is 1.68. The first-order chi connectivity index (χ1) is 2.27. The predicted octanol–water partition coefficient (Wildman–Crippen LogP) is -0.443. The maximum absolute atomic E-state index is 9.55. The van der Waals surface area contributed by atoms with Crippen LogP contribution in [-0.4, -0.2) is 34.1 Å². The van der Waals surface area contributed by atoms with Gasteiger partial charge in [-0.15, -0.1) is 0 Å². The summed E-state index contributed by atoms with van der Waals surface area (Å²) >= 11 is 0. The fourth-order valence-corrected chi connectivity index (χ4v) is 0. The fourth-order valence-electron chi connectivity index (χ4n) is 0. The molecule has 0 radical (unpaired) electrons. The Morgan fingerprint density at radius 1 is 1.83 bits per heavy atom. The molecule has 0 fully saturated rings. The Balaban J connectivity index is 0. The van der Waals surface area contributed by atoms with Crippen LogP contribution in [0.5, 0.6) is 0 Å². The number of hydrogen-bond donors (Lipinski definition) is 1. The third-order valence-corrected chi connectivity index (χ3v) is 0.907. The van der Waals surface area contributed by atoms with Crippen LogP contribution < -0.4 is 0 Å². The van der Waals surface area contributed by atoms with Crippen LogP contribution in [0.25, 0.3) is 0 Å². The molecule has 0 aliphatic heterocycles. The zero-order chi connectivity index (χ0) is 4.28. The summed E-state index contributed by atoms with van der Waals surface area (Å²) in [7, 11) is -2.12. The van der Waals surface area contributed by atoms with Crippen molar-refractivity contribution >= 4 is 31.1 Å². The standard InChI is InChI=1S/C2H7O2P.Mg.2H/c1-2-5(3)4;;;/h5H,2H2,1H3,(H,3,4);;;. The largest absolute Gasteiger partial charge is 0.346 e. The SMILES string of the molecule is CC[PH](=O)O.[MgH2]. The fraction of sp³-hybridized carbons (Fsp3) is 1.00. The van der Waals surface area contributed by atoms with Crippen LogP contribution in [0, 0.1) is 0 Å². The summed E-state index contributed by atoms with van der Waals surface area (Å²) in [5.74, 6) is 0. The molecule has 0 aliphatic carbocycles. The second-order valence-corrected chi connectivity index (χ2v) is 2.24. The minimum Gasteiger partial charge on any atom is -0.346 e. The van der Waals surface area contributed by atoms with Crippen LogP contribution in [0.4, 0.5) is 0 Å². The first-order valence-corrected chi connectivity index (χ1v) is 3.05. The van der Waals surface area contributed by atoms with Gasteiger partial charge in [0.1, 0.15) is 0 Å². The van der Waals surface area contributed by atoms with Crippen LogP contribution in [0.3, 0.4) is 0 Å². The summed E-state index contributed by atoms with van der Waals surface area (Å²) in [4.78, 5) is 7.91. The van der Waals surface area contributed by atoms with Gasteiger partial charge in [0.05, 0.1) is 0 Å². The topological polar surface area (TPSA) is 37.3 Å². The molecule has 2 nitrogen and oxygen atoms in total. The zero-order valence-electron chi connectivity index (χ0n) is 3.06. The lowest BCUT2D eigenvalue weighted by atomic mass is 11.0. The molecule has 0 saturated heterocycles. The van der Waals surface area contributed by atoms with Crippen molar-refractivity contribution in [3.8, 4) is 0 Å². The highest BCUT2D eigenvalue weighted by Gasteiger charge is 1.76. The van der Waals surface area contributed by atoms with Crippen LogP contribution in [0.2, 0.25) is 0 Å². The summed E-state index contributed by atoms with van der Waals surface area (Å²) in [5, 5.41) is 0. The quantitative estimate of drug-likeness (QED) is 0.376. The second-order valence-electron chi connectivity index (χ2n) is 0.747. The molecule has 0 aromatic rings. The van der Waals surface area contributed by atoms with E-state index in [1.807, 2.05) is 0 Å². The summed E-state index contributed by atoms with van der Waals surface area (Å²) in [6, 6.07) is 0. The molecule has 1 unspecified atom stereocenters. The van der Waals surface area contributed by atoms with Gasteiger partial charge in [0.2, 0.25) is 0 Å². The van der Waals surface area contributed by atoms with Crippen molar-refractivity contribution in [3.63, 3.8) is 0 Å². The van der Waals surface area contributed by atoms with E-state index in [0.29, 0.717) is 6.16 Å². The summed E-state index contributed by atoms with van der Waals surface area (Å²) in [6.07, 6.45) is 0.407. The van der Waals surface area contributed by atoms with Gasteiger partial charge in [-0.25, -0.2) is 0 Å². The van der Waals surface area contributed by atoms with E-state index in [4.69, 9.17) is 4.89 Å². The molecule has 0 spiro atoms. The summed E-state index contributed by atoms with van der Waals surface area (Å²) in [5.41, 5.74) is 0. The van der Waals surface area contributed by atoms with E-state index in [1.165, 1.54) is 0 Å². The molecule has 1 N–H and O–H groups in total. The number of rotatable bonds is 1. The summed E-state index contributed by atoms with van der Waals surface area (Å²) < 4.78 is 9.55. The molecule has 0 saturated carbocycles. The van der Waals surface area contributed by atoms with Gasteiger partial charge in [0.15, 0.2) is 8.03 Å². The Bertz CT molecular complexity index is 46.8. The molecule has 0 amide bonds. The van der Waals surface area contributed by atoms with Crippen molar-refractivity contribution in [2.45, 2.75) is 6.92 Å². The normalized spacial score (nSPS) is 12.3. The third-order valence-electron chi connectivity index (χ3n) is 0.302. The monoisotopic (exact) mass is 120 g/mol. The molecule has 0 aromatic heterocycles. The lowest BCUT2D eigenvalue weighted by molar-refractivity contribution is 0.504.